The molecule has 52 heavy (non-hydrogen) atoms. The van der Waals surface area contributed by atoms with Crippen LogP contribution >= 0.6 is 22.9 Å². The zero-order chi connectivity index (χ0) is 35.9. The van der Waals surface area contributed by atoms with Gasteiger partial charge in [-0.15, -0.1) is 11.3 Å². The van der Waals surface area contributed by atoms with E-state index in [1.54, 1.807) is 0 Å². The van der Waals surface area contributed by atoms with Crippen molar-refractivity contribution in [1.29, 1.82) is 5.26 Å². The lowest BCUT2D eigenvalue weighted by atomic mass is 9.95. The number of benzene rings is 2. The third-order valence-electron chi connectivity index (χ3n) is 11.4. The van der Waals surface area contributed by atoms with Crippen LogP contribution in [0.15, 0.2) is 12.1 Å². The first-order chi connectivity index (χ1) is 25.2. The number of fused-ring (bicyclic) bond motifs is 2. The van der Waals surface area contributed by atoms with Crippen LogP contribution in [0.3, 0.4) is 0 Å². The van der Waals surface area contributed by atoms with E-state index in [-0.39, 0.29) is 90.5 Å². The summed E-state index contributed by atoms with van der Waals surface area (Å²) in [4.78, 5) is 28.6. The van der Waals surface area contributed by atoms with Crippen LogP contribution in [-0.4, -0.2) is 103 Å². The normalized spacial score (nSPS) is 24.6. The largest absolute Gasteiger partial charge is 0.489 e. The molecule has 16 heteroatoms. The van der Waals surface area contributed by atoms with Crippen molar-refractivity contribution in [2.45, 2.75) is 49.9 Å². The molecule has 7 heterocycles. The third-order valence-corrected chi connectivity index (χ3v) is 12.7. The second kappa shape index (κ2) is 12.8. The van der Waals surface area contributed by atoms with Crippen LogP contribution in [0.2, 0.25) is 5.02 Å². The van der Waals surface area contributed by atoms with Crippen molar-refractivity contribution in [3.8, 4) is 29.0 Å². The van der Waals surface area contributed by atoms with E-state index >= 15 is 8.78 Å². The molecular weight excluding hydrogens is 719 g/mol. The molecule has 0 spiro atoms. The van der Waals surface area contributed by atoms with E-state index in [0.717, 1.165) is 30.7 Å². The van der Waals surface area contributed by atoms with E-state index in [9.17, 15) is 14.4 Å². The Kier molecular flexibility index (Phi) is 8.29. The Morgan fingerprint density at radius 3 is 2.83 bits per heavy atom. The minimum absolute atomic E-state index is 0.0173. The summed E-state index contributed by atoms with van der Waals surface area (Å²) in [5.41, 5.74) is 5.54. The zero-order valence-electron chi connectivity index (χ0n) is 28.1. The van der Waals surface area contributed by atoms with Gasteiger partial charge in [0.1, 0.15) is 47.6 Å². The maximum absolute atomic E-state index is 17.3. The van der Waals surface area contributed by atoms with Gasteiger partial charge in [0, 0.05) is 55.4 Å². The van der Waals surface area contributed by atoms with E-state index in [1.165, 1.54) is 12.1 Å². The Morgan fingerprint density at radius 2 is 2.04 bits per heavy atom. The van der Waals surface area contributed by atoms with Gasteiger partial charge in [-0.2, -0.15) is 15.2 Å². The number of nitriles is 1. The molecule has 0 bridgehead atoms. The molecule has 1 amide bonds. The number of carbonyl (C=O) groups excluding carboxylic acids is 1. The summed E-state index contributed by atoms with van der Waals surface area (Å²) in [6, 6.07) is 4.34. The number of likely N-dealkylation sites (tertiary alicyclic amines) is 1. The zero-order valence-corrected chi connectivity index (χ0v) is 29.7. The number of hydrogen-bond donors (Lipinski definition) is 1. The van der Waals surface area contributed by atoms with Gasteiger partial charge in [0.05, 0.1) is 46.0 Å². The van der Waals surface area contributed by atoms with Gasteiger partial charge in [-0.05, 0) is 37.4 Å². The Labute approximate surface area is 306 Å². The van der Waals surface area contributed by atoms with Gasteiger partial charge in [0.2, 0.25) is 5.91 Å². The van der Waals surface area contributed by atoms with Crippen LogP contribution in [-0.2, 0) is 9.53 Å². The molecule has 0 saturated carbocycles. The Bertz CT molecular complexity index is 2180. The molecule has 2 N–H and O–H groups in total. The van der Waals surface area contributed by atoms with Crippen LogP contribution in [0.5, 0.6) is 11.8 Å². The quantitative estimate of drug-likeness (QED) is 0.251. The maximum atomic E-state index is 17.3. The van der Waals surface area contributed by atoms with Crippen LogP contribution in [0.1, 0.15) is 37.7 Å². The number of nitrogens with two attached hydrogens (primary N) is 1. The Balaban J connectivity index is 1.18. The highest BCUT2D eigenvalue weighted by molar-refractivity contribution is 7.23. The predicted octanol–water partition coefficient (Wildman–Crippen LogP) is 5.69. The van der Waals surface area contributed by atoms with Crippen molar-refractivity contribution >= 4 is 60.7 Å². The summed E-state index contributed by atoms with van der Waals surface area (Å²) in [5.74, 6) is -0.650. The number of halogens is 4. The number of alkyl halides is 1. The molecule has 3 atom stereocenters. The molecule has 4 aromatic rings. The molecule has 5 aliphatic rings. The SMILES string of the molecule is N#Cc1c(N)sc2c(F)ccc(-c3c(Cl)c4c5c(nc(OC[C@@]67CCCN6C[C@H](F)C7)nc5c3F)N(C3CCN(C(=O)CC5COC5)C3)CCO4)c12. The van der Waals surface area contributed by atoms with Crippen molar-refractivity contribution in [2.75, 3.05) is 69.8 Å². The van der Waals surface area contributed by atoms with Gasteiger partial charge >= 0.3 is 6.01 Å². The fourth-order valence-electron chi connectivity index (χ4n) is 8.74. The number of hydrogen-bond acceptors (Lipinski definition) is 11. The molecule has 1 unspecified atom stereocenters. The lowest BCUT2D eigenvalue weighted by Gasteiger charge is -2.32. The number of amides is 1. The smallest absolute Gasteiger partial charge is 0.319 e. The molecule has 0 radical (unpaired) electrons. The van der Waals surface area contributed by atoms with Gasteiger partial charge in [0.15, 0.2) is 11.6 Å². The first kappa shape index (κ1) is 33.7. The average Bonchev–Trinajstić information content (AvgIpc) is 3.86. The first-order valence-electron chi connectivity index (χ1n) is 17.6. The fraction of sp³-hybridized carbons (Fsp3) is 0.500. The predicted molar refractivity (Wildman–Crippen MR) is 190 cm³/mol. The lowest BCUT2D eigenvalue weighted by Crippen LogP contribution is -2.44. The highest BCUT2D eigenvalue weighted by Gasteiger charge is 2.49. The average molecular weight is 754 g/mol. The van der Waals surface area contributed by atoms with E-state index < -0.39 is 23.3 Å². The van der Waals surface area contributed by atoms with Crippen molar-refractivity contribution in [1.82, 2.24) is 19.8 Å². The Morgan fingerprint density at radius 1 is 1.19 bits per heavy atom. The minimum atomic E-state index is -0.967. The molecule has 272 valence electrons. The molecule has 11 nitrogen and oxygen atoms in total. The third kappa shape index (κ3) is 5.32. The second-order valence-electron chi connectivity index (χ2n) is 14.4. The molecular formula is C36H35ClF3N7O4S. The van der Waals surface area contributed by atoms with Crippen molar-refractivity contribution in [2.24, 2.45) is 5.92 Å². The van der Waals surface area contributed by atoms with Crippen LogP contribution in [0, 0.1) is 28.9 Å². The van der Waals surface area contributed by atoms with Gasteiger partial charge < -0.3 is 29.7 Å². The fourth-order valence-corrected chi connectivity index (χ4v) is 10.0. The second-order valence-corrected chi connectivity index (χ2v) is 15.9. The number of thiophene rings is 1. The highest BCUT2D eigenvalue weighted by atomic mass is 35.5. The maximum Gasteiger partial charge on any atom is 0.319 e. The number of nitrogen functional groups attached to an aromatic ring is 1. The molecule has 0 aliphatic carbocycles. The summed E-state index contributed by atoms with van der Waals surface area (Å²) in [6.45, 7) is 3.91. The van der Waals surface area contributed by atoms with Crippen molar-refractivity contribution in [3.63, 3.8) is 0 Å². The summed E-state index contributed by atoms with van der Waals surface area (Å²) >= 11 is 7.97. The summed E-state index contributed by atoms with van der Waals surface area (Å²) in [5, 5.41) is 10.4. The molecule has 9 rings (SSSR count). The van der Waals surface area contributed by atoms with Gasteiger partial charge in [-0.3, -0.25) is 9.69 Å². The van der Waals surface area contributed by atoms with Crippen LogP contribution in [0.4, 0.5) is 24.0 Å². The van der Waals surface area contributed by atoms with Gasteiger partial charge in [-0.1, -0.05) is 17.7 Å². The number of ether oxygens (including phenoxy) is 3. The molecule has 2 aromatic heterocycles. The minimum Gasteiger partial charge on any atom is -0.489 e. The first-order valence-corrected chi connectivity index (χ1v) is 18.8. The van der Waals surface area contributed by atoms with Crippen LogP contribution in [0.25, 0.3) is 32.1 Å². The molecule has 4 saturated heterocycles. The topological polar surface area (TPSA) is 130 Å². The van der Waals surface area contributed by atoms with Gasteiger partial charge in [0.25, 0.3) is 0 Å². The summed E-state index contributed by atoms with van der Waals surface area (Å²) < 4.78 is 65.0. The van der Waals surface area contributed by atoms with E-state index in [0.29, 0.717) is 64.5 Å². The number of nitrogens with zero attached hydrogens (tertiary/aromatic N) is 6. The highest BCUT2D eigenvalue weighted by Crippen LogP contribution is 2.51. The molecule has 2 aromatic carbocycles. The number of rotatable bonds is 7. The van der Waals surface area contributed by atoms with Crippen molar-refractivity contribution in [3.05, 3.63) is 34.4 Å². The monoisotopic (exact) mass is 753 g/mol. The molecule has 4 fully saturated rings. The van der Waals surface area contributed by atoms with E-state index in [1.807, 2.05) is 15.9 Å². The van der Waals surface area contributed by atoms with Crippen LogP contribution < -0.4 is 20.1 Å². The number of aromatic nitrogens is 2. The Hall–Kier alpha value is -4.10. The number of carbonyl (C=O) groups is 1. The standard InChI is InChI=1S/C36H35ClF3N7O4S/c37-28-26(21-2-3-23(39)32-25(21)22(12-41)33(42)52-32)29(40)30-27-31(28)50-9-8-47(20-4-7-45(14-20)24(48)10-18-15-49-16-18)34(27)44-35(43-30)51-17-36-5-1-6-46(36)13-19(38)11-36/h2-3,18-20H,1,4-11,13-17,42H2/t19-,20?,36+/m1/s1. The van der Waals surface area contributed by atoms with Gasteiger partial charge in [-0.25, -0.2) is 13.2 Å². The summed E-state index contributed by atoms with van der Waals surface area (Å²) in [6.07, 6.45) is 2.12. The summed E-state index contributed by atoms with van der Waals surface area (Å²) in [7, 11) is 0. The van der Waals surface area contributed by atoms with Crippen molar-refractivity contribution < 1.29 is 32.2 Å². The lowest BCUT2D eigenvalue weighted by molar-refractivity contribution is -0.135. The van der Waals surface area contributed by atoms with E-state index in [2.05, 4.69) is 9.88 Å². The molecule has 5 aliphatic heterocycles. The van der Waals surface area contributed by atoms with E-state index in [4.69, 9.17) is 36.5 Å². The number of anilines is 2.